The number of nitrogens with one attached hydrogen (secondary N) is 1. The second-order valence-electron chi connectivity index (χ2n) is 8.72. The number of ether oxygens (including phenoxy) is 1. The Kier molecular flexibility index (Phi) is 6.56. The maximum Gasteiger partial charge on any atom is 0.282 e. The van der Waals surface area contributed by atoms with Gasteiger partial charge in [-0.2, -0.15) is 5.10 Å². The number of ketones is 1. The molecule has 5 rings (SSSR count). The largest absolute Gasteiger partial charge is 0.369 e. The van der Waals surface area contributed by atoms with Gasteiger partial charge in [0.05, 0.1) is 19.5 Å². The lowest BCUT2D eigenvalue weighted by Crippen LogP contribution is -2.56. The molecule has 2 aliphatic rings. The number of anilines is 3. The fourth-order valence-electron chi connectivity index (χ4n) is 4.38. The number of benzene rings is 1. The Morgan fingerprint density at radius 1 is 1.23 bits per heavy atom. The zero-order chi connectivity index (χ0) is 24.4. The molecular formula is C23H25F2N7O2S. The van der Waals surface area contributed by atoms with Crippen molar-refractivity contribution in [2.75, 3.05) is 48.4 Å². The van der Waals surface area contributed by atoms with Gasteiger partial charge >= 0.3 is 0 Å². The van der Waals surface area contributed by atoms with Crippen LogP contribution < -0.4 is 15.1 Å². The smallest absolute Gasteiger partial charge is 0.282 e. The molecule has 9 nitrogen and oxygen atoms in total. The van der Waals surface area contributed by atoms with Gasteiger partial charge in [0.25, 0.3) is 5.92 Å². The summed E-state index contributed by atoms with van der Waals surface area (Å²) < 4.78 is 32.0. The van der Waals surface area contributed by atoms with E-state index >= 15 is 0 Å². The summed E-state index contributed by atoms with van der Waals surface area (Å²) in [5.74, 6) is -1.99. The zero-order valence-electron chi connectivity index (χ0n) is 19.1. The first kappa shape index (κ1) is 23.5. The van der Waals surface area contributed by atoms with Gasteiger partial charge in [-0.05, 0) is 36.2 Å². The Hall–Kier alpha value is -3.25. The summed E-state index contributed by atoms with van der Waals surface area (Å²) in [6, 6.07) is 11.0. The SMILES string of the molecule is CO[C@@H](C(=O)Cc1nnc(N[C@@H]2CCN(c3cccnn3)C2)s1)c1cccc(N2CC(F)(F)C2)c1. The van der Waals surface area contributed by atoms with Gasteiger partial charge in [0.15, 0.2) is 11.6 Å². The lowest BCUT2D eigenvalue weighted by molar-refractivity contribution is -0.128. The molecule has 0 amide bonds. The molecule has 0 aliphatic carbocycles. The van der Waals surface area contributed by atoms with Gasteiger partial charge in [0.1, 0.15) is 11.1 Å². The van der Waals surface area contributed by atoms with Gasteiger partial charge in [0, 0.05) is 38.1 Å². The minimum Gasteiger partial charge on any atom is -0.369 e. The Morgan fingerprint density at radius 2 is 2.09 bits per heavy atom. The molecule has 0 unspecified atom stereocenters. The molecule has 2 aliphatic heterocycles. The van der Waals surface area contributed by atoms with Crippen LogP contribution in [-0.2, 0) is 16.0 Å². The highest BCUT2D eigenvalue weighted by molar-refractivity contribution is 7.15. The van der Waals surface area contributed by atoms with Crippen molar-refractivity contribution in [3.63, 3.8) is 0 Å². The monoisotopic (exact) mass is 501 g/mol. The van der Waals surface area contributed by atoms with E-state index in [1.54, 1.807) is 35.4 Å². The summed E-state index contributed by atoms with van der Waals surface area (Å²) in [5.41, 5.74) is 1.28. The van der Waals surface area contributed by atoms with Crippen LogP contribution in [-0.4, -0.2) is 71.4 Å². The third-order valence-corrected chi connectivity index (χ3v) is 6.96. The summed E-state index contributed by atoms with van der Waals surface area (Å²) in [7, 11) is 1.46. The predicted octanol–water partition coefficient (Wildman–Crippen LogP) is 2.97. The van der Waals surface area contributed by atoms with Crippen LogP contribution in [0.5, 0.6) is 0 Å². The van der Waals surface area contributed by atoms with Gasteiger partial charge in [-0.25, -0.2) is 8.78 Å². The average Bonchev–Trinajstić information content (AvgIpc) is 3.48. The van der Waals surface area contributed by atoms with Crippen LogP contribution in [0.3, 0.4) is 0 Å². The number of nitrogens with zero attached hydrogens (tertiary/aromatic N) is 6. The summed E-state index contributed by atoms with van der Waals surface area (Å²) >= 11 is 1.34. The molecule has 4 heterocycles. The molecule has 0 radical (unpaired) electrons. The number of carbonyl (C=O) groups excluding carboxylic acids is 1. The molecule has 3 aromatic rings. The first-order chi connectivity index (χ1) is 16.9. The Balaban J connectivity index is 1.18. The summed E-state index contributed by atoms with van der Waals surface area (Å²) in [6.07, 6.45) is 1.83. The van der Waals surface area contributed by atoms with Gasteiger partial charge in [0.2, 0.25) is 5.13 Å². The highest BCUT2D eigenvalue weighted by Gasteiger charge is 2.44. The molecule has 0 bridgehead atoms. The van der Waals surface area contributed by atoms with Crippen LogP contribution in [0.4, 0.5) is 25.4 Å². The van der Waals surface area contributed by atoms with Crippen LogP contribution in [0.25, 0.3) is 0 Å². The second kappa shape index (κ2) is 9.78. The maximum atomic E-state index is 13.3. The molecule has 0 saturated carbocycles. The number of aromatic nitrogens is 4. The zero-order valence-corrected chi connectivity index (χ0v) is 19.9. The molecule has 2 saturated heterocycles. The number of methoxy groups -OCH3 is 1. The first-order valence-corrected chi connectivity index (χ1v) is 12.1. The van der Waals surface area contributed by atoms with Crippen molar-refractivity contribution in [1.82, 2.24) is 20.4 Å². The topological polar surface area (TPSA) is 96.4 Å². The van der Waals surface area contributed by atoms with Crippen LogP contribution >= 0.6 is 11.3 Å². The normalized spacial score (nSPS) is 19.9. The number of alkyl halides is 2. The Labute approximate surface area is 205 Å². The van der Waals surface area contributed by atoms with Gasteiger partial charge in [-0.1, -0.05) is 23.5 Å². The number of rotatable bonds is 9. The fraction of sp³-hybridized carbons (Fsp3) is 0.435. The molecule has 0 spiro atoms. The minimum atomic E-state index is -2.66. The second-order valence-corrected chi connectivity index (χ2v) is 9.79. The van der Waals surface area contributed by atoms with Crippen molar-refractivity contribution in [3.05, 3.63) is 53.2 Å². The van der Waals surface area contributed by atoms with Crippen LogP contribution in [0.15, 0.2) is 42.6 Å². The van der Waals surface area contributed by atoms with Crippen molar-refractivity contribution >= 4 is 33.8 Å². The average molecular weight is 502 g/mol. The Bertz CT molecular complexity index is 1170. The summed E-state index contributed by atoms with van der Waals surface area (Å²) in [4.78, 5) is 16.7. The van der Waals surface area contributed by atoms with Crippen LogP contribution in [0.2, 0.25) is 0 Å². The number of hydrogen-bond donors (Lipinski definition) is 1. The lowest BCUT2D eigenvalue weighted by Gasteiger charge is -2.40. The first-order valence-electron chi connectivity index (χ1n) is 11.3. The van der Waals surface area contributed by atoms with Crippen LogP contribution in [0, 0.1) is 0 Å². The molecule has 2 aromatic heterocycles. The molecular weight excluding hydrogens is 476 g/mol. The van der Waals surface area contributed by atoms with Crippen molar-refractivity contribution in [2.24, 2.45) is 0 Å². The quantitative estimate of drug-likeness (QED) is 0.475. The number of halogens is 2. The van der Waals surface area contributed by atoms with E-state index in [-0.39, 0.29) is 31.3 Å². The molecule has 35 heavy (non-hydrogen) atoms. The van der Waals surface area contributed by atoms with Gasteiger partial charge in [-0.3, -0.25) is 4.79 Å². The van der Waals surface area contributed by atoms with Crippen LogP contribution in [0.1, 0.15) is 23.1 Å². The lowest BCUT2D eigenvalue weighted by atomic mass is 10.0. The van der Waals surface area contributed by atoms with Crippen molar-refractivity contribution in [2.45, 2.75) is 30.9 Å². The Morgan fingerprint density at radius 3 is 2.83 bits per heavy atom. The third kappa shape index (κ3) is 5.38. The minimum absolute atomic E-state index is 0.0697. The predicted molar refractivity (Wildman–Crippen MR) is 128 cm³/mol. The van der Waals surface area contributed by atoms with E-state index in [4.69, 9.17) is 4.74 Å². The van der Waals surface area contributed by atoms with Gasteiger partial charge < -0.3 is 19.9 Å². The van der Waals surface area contributed by atoms with Crippen molar-refractivity contribution in [1.29, 1.82) is 0 Å². The molecule has 1 aromatic carbocycles. The van der Waals surface area contributed by atoms with E-state index in [1.165, 1.54) is 18.4 Å². The molecule has 2 atom stereocenters. The van der Waals surface area contributed by atoms with E-state index in [0.29, 0.717) is 21.4 Å². The highest BCUT2D eigenvalue weighted by Crippen LogP contribution is 2.33. The van der Waals surface area contributed by atoms with E-state index in [1.807, 2.05) is 12.1 Å². The molecule has 2 fully saturated rings. The molecule has 184 valence electrons. The molecule has 1 N–H and O–H groups in total. The van der Waals surface area contributed by atoms with E-state index in [9.17, 15) is 13.6 Å². The molecule has 12 heteroatoms. The highest BCUT2D eigenvalue weighted by atomic mass is 32.1. The maximum absolute atomic E-state index is 13.3. The van der Waals surface area contributed by atoms with Crippen molar-refractivity contribution in [3.8, 4) is 0 Å². The number of carbonyl (C=O) groups is 1. The van der Waals surface area contributed by atoms with Gasteiger partial charge in [-0.15, -0.1) is 15.3 Å². The van der Waals surface area contributed by atoms with E-state index < -0.39 is 12.0 Å². The number of Topliss-reactive ketones (excluding diaryl/α,β-unsaturated/α-hetero) is 1. The number of hydrogen-bond acceptors (Lipinski definition) is 10. The summed E-state index contributed by atoms with van der Waals surface area (Å²) in [6.45, 7) is 1.00. The van der Waals surface area contributed by atoms with Crippen molar-refractivity contribution < 1.29 is 18.3 Å². The third-order valence-electron chi connectivity index (χ3n) is 6.10. The fourth-order valence-corrected chi connectivity index (χ4v) is 5.21. The van der Waals surface area contributed by atoms with E-state index in [2.05, 4.69) is 30.6 Å². The standard InChI is InChI=1S/C23H25F2N7O2S/c1-34-21(15-4-2-5-17(10-15)32-13-23(24,25)14-32)18(33)11-20-29-30-22(35-20)27-16-7-9-31(12-16)19-6-3-8-26-28-19/h2-6,8,10,16,21H,7,9,11-14H2,1H3,(H,27,30)/t16-,21-/m1/s1. The van der Waals surface area contributed by atoms with E-state index in [0.717, 1.165) is 25.3 Å². The summed E-state index contributed by atoms with van der Waals surface area (Å²) in [5, 5.41) is 21.1.